The fourth-order valence-corrected chi connectivity index (χ4v) is 5.46. The van der Waals surface area contributed by atoms with Crippen LogP contribution in [0.15, 0.2) is 53.9 Å². The van der Waals surface area contributed by atoms with Gasteiger partial charge in [0.15, 0.2) is 5.13 Å². The lowest BCUT2D eigenvalue weighted by Gasteiger charge is -2.38. The van der Waals surface area contributed by atoms with Crippen LogP contribution in [0, 0.1) is 12.7 Å². The summed E-state index contributed by atoms with van der Waals surface area (Å²) < 4.78 is 13.1. The van der Waals surface area contributed by atoms with Crippen LogP contribution in [-0.4, -0.2) is 95.3 Å². The van der Waals surface area contributed by atoms with Gasteiger partial charge < -0.3 is 15.1 Å². The molecule has 38 heavy (non-hydrogen) atoms. The Hall–Kier alpha value is -3.34. The zero-order chi connectivity index (χ0) is 26.5. The molecule has 0 radical (unpaired) electrons. The normalized spacial score (nSPS) is 17.0. The molecule has 8 nitrogen and oxygen atoms in total. The number of benzene rings is 2. The molecular weight excluding hydrogens is 503 g/mol. The minimum atomic E-state index is -0.303. The standard InChI is InChI=1S/C28H33FN6O2S/c1-21-2-4-22(5-3-21)18-32-10-14-34(15-11-32)26(36)19-33-12-16-35(17-13-33)27(37)25-20-38-28(31-25)30-24-8-6-23(29)7-9-24/h2-9,20H,10-19H2,1H3,(H,30,31). The molecule has 0 atom stereocenters. The first-order valence-corrected chi connectivity index (χ1v) is 13.9. The van der Waals surface area contributed by atoms with E-state index in [0.29, 0.717) is 49.2 Å². The number of carbonyl (C=O) groups is 2. The molecule has 3 aromatic rings. The maximum atomic E-state index is 13.1. The van der Waals surface area contributed by atoms with Crippen molar-refractivity contribution in [1.82, 2.24) is 24.6 Å². The number of carbonyl (C=O) groups excluding carboxylic acids is 2. The van der Waals surface area contributed by atoms with Gasteiger partial charge in [-0.05, 0) is 36.8 Å². The summed E-state index contributed by atoms with van der Waals surface area (Å²) in [7, 11) is 0. The van der Waals surface area contributed by atoms with Crippen LogP contribution in [0.4, 0.5) is 15.2 Å². The number of piperazine rings is 2. The zero-order valence-corrected chi connectivity index (χ0v) is 22.4. The van der Waals surface area contributed by atoms with Gasteiger partial charge in [-0.1, -0.05) is 29.8 Å². The van der Waals surface area contributed by atoms with E-state index < -0.39 is 0 Å². The van der Waals surface area contributed by atoms with Gasteiger partial charge in [-0.2, -0.15) is 0 Å². The summed E-state index contributed by atoms with van der Waals surface area (Å²) in [5.74, 6) is -0.247. The highest BCUT2D eigenvalue weighted by Gasteiger charge is 2.27. The average molecular weight is 537 g/mol. The van der Waals surface area contributed by atoms with Crippen molar-refractivity contribution in [2.24, 2.45) is 0 Å². The highest BCUT2D eigenvalue weighted by molar-refractivity contribution is 7.14. The van der Waals surface area contributed by atoms with Gasteiger partial charge in [0, 0.05) is 70.0 Å². The lowest BCUT2D eigenvalue weighted by molar-refractivity contribution is -0.134. The fraction of sp³-hybridized carbons (Fsp3) is 0.393. The Morgan fingerprint density at radius 1 is 0.868 bits per heavy atom. The van der Waals surface area contributed by atoms with Gasteiger partial charge in [0.1, 0.15) is 11.5 Å². The number of hydrogen-bond acceptors (Lipinski definition) is 7. The molecule has 2 fully saturated rings. The second-order valence-corrected chi connectivity index (χ2v) is 10.7. The Morgan fingerprint density at radius 2 is 1.50 bits per heavy atom. The summed E-state index contributed by atoms with van der Waals surface area (Å²) in [4.78, 5) is 38.6. The number of nitrogens with one attached hydrogen (secondary N) is 1. The zero-order valence-electron chi connectivity index (χ0n) is 21.6. The quantitative estimate of drug-likeness (QED) is 0.499. The number of anilines is 2. The molecular formula is C28H33FN6O2S. The van der Waals surface area contributed by atoms with Crippen LogP contribution in [-0.2, 0) is 11.3 Å². The van der Waals surface area contributed by atoms with Gasteiger partial charge in [-0.25, -0.2) is 9.37 Å². The Morgan fingerprint density at radius 3 is 2.18 bits per heavy atom. The maximum Gasteiger partial charge on any atom is 0.273 e. The highest BCUT2D eigenvalue weighted by Crippen LogP contribution is 2.22. The SMILES string of the molecule is Cc1ccc(CN2CCN(C(=O)CN3CCN(C(=O)c4csc(Nc5ccc(F)cc5)n4)CC3)CC2)cc1. The second-order valence-electron chi connectivity index (χ2n) is 9.88. The predicted octanol–water partition coefficient (Wildman–Crippen LogP) is 3.44. The Kier molecular flexibility index (Phi) is 8.31. The van der Waals surface area contributed by atoms with Gasteiger partial charge in [0.05, 0.1) is 6.54 Å². The molecule has 5 rings (SSSR count). The third-order valence-corrected chi connectivity index (χ3v) is 7.85. The lowest BCUT2D eigenvalue weighted by atomic mass is 10.1. The summed E-state index contributed by atoms with van der Waals surface area (Å²) in [6.45, 7) is 9.13. The van der Waals surface area contributed by atoms with Crippen molar-refractivity contribution in [3.05, 3.63) is 76.5 Å². The first kappa shape index (κ1) is 26.3. The molecule has 200 valence electrons. The predicted molar refractivity (Wildman–Crippen MR) is 147 cm³/mol. The molecule has 2 aliphatic rings. The summed E-state index contributed by atoms with van der Waals surface area (Å²) in [5.41, 5.74) is 3.68. The van der Waals surface area contributed by atoms with E-state index in [9.17, 15) is 14.0 Å². The molecule has 3 heterocycles. The first-order valence-electron chi connectivity index (χ1n) is 13.0. The van der Waals surface area contributed by atoms with Crippen LogP contribution in [0.25, 0.3) is 0 Å². The minimum absolute atomic E-state index is 0.107. The van der Waals surface area contributed by atoms with E-state index in [1.54, 1.807) is 22.4 Å². The van der Waals surface area contributed by atoms with E-state index in [0.717, 1.165) is 32.7 Å². The maximum absolute atomic E-state index is 13.1. The van der Waals surface area contributed by atoms with E-state index in [4.69, 9.17) is 0 Å². The van der Waals surface area contributed by atoms with E-state index in [1.165, 1.54) is 34.6 Å². The summed E-state index contributed by atoms with van der Waals surface area (Å²) in [6, 6.07) is 14.6. The van der Waals surface area contributed by atoms with E-state index in [1.807, 2.05) is 4.90 Å². The number of nitrogens with zero attached hydrogens (tertiary/aromatic N) is 5. The molecule has 10 heteroatoms. The number of hydrogen-bond donors (Lipinski definition) is 1. The van der Waals surface area contributed by atoms with Gasteiger partial charge >= 0.3 is 0 Å². The first-order chi connectivity index (χ1) is 18.4. The lowest BCUT2D eigenvalue weighted by Crippen LogP contribution is -2.54. The van der Waals surface area contributed by atoms with Crippen LogP contribution in [0.3, 0.4) is 0 Å². The van der Waals surface area contributed by atoms with Crippen LogP contribution in [0.1, 0.15) is 21.6 Å². The fourth-order valence-electron chi connectivity index (χ4n) is 4.76. The number of halogens is 1. The summed E-state index contributed by atoms with van der Waals surface area (Å²) in [5, 5.41) is 5.43. The molecule has 1 N–H and O–H groups in total. The molecule has 2 aromatic carbocycles. The minimum Gasteiger partial charge on any atom is -0.339 e. The number of thiazole rings is 1. The van der Waals surface area contributed by atoms with Crippen LogP contribution < -0.4 is 5.32 Å². The van der Waals surface area contributed by atoms with Crippen molar-refractivity contribution >= 4 is 34.0 Å². The van der Waals surface area contributed by atoms with E-state index in [-0.39, 0.29) is 17.6 Å². The second kappa shape index (κ2) is 12.0. The molecule has 0 saturated carbocycles. The third-order valence-electron chi connectivity index (χ3n) is 7.09. The van der Waals surface area contributed by atoms with Crippen molar-refractivity contribution < 1.29 is 14.0 Å². The van der Waals surface area contributed by atoms with Crippen LogP contribution in [0.5, 0.6) is 0 Å². The van der Waals surface area contributed by atoms with Gasteiger partial charge in [-0.15, -0.1) is 11.3 Å². The van der Waals surface area contributed by atoms with E-state index in [2.05, 4.69) is 51.3 Å². The monoisotopic (exact) mass is 536 g/mol. The van der Waals surface area contributed by atoms with Crippen LogP contribution >= 0.6 is 11.3 Å². The molecule has 2 aliphatic heterocycles. The van der Waals surface area contributed by atoms with Crippen molar-refractivity contribution in [2.45, 2.75) is 13.5 Å². The molecule has 0 unspecified atom stereocenters. The molecule has 0 spiro atoms. The van der Waals surface area contributed by atoms with Crippen molar-refractivity contribution in [1.29, 1.82) is 0 Å². The smallest absolute Gasteiger partial charge is 0.273 e. The van der Waals surface area contributed by atoms with Crippen LogP contribution in [0.2, 0.25) is 0 Å². The van der Waals surface area contributed by atoms with Gasteiger partial charge in [0.25, 0.3) is 5.91 Å². The molecule has 2 amide bonds. The number of rotatable bonds is 7. The molecule has 0 bridgehead atoms. The average Bonchev–Trinajstić information content (AvgIpc) is 3.40. The molecule has 2 saturated heterocycles. The Balaban J connectivity index is 1.04. The Bertz CT molecular complexity index is 1230. The highest BCUT2D eigenvalue weighted by atomic mass is 32.1. The Labute approximate surface area is 226 Å². The van der Waals surface area contributed by atoms with Crippen molar-refractivity contribution in [3.63, 3.8) is 0 Å². The number of amides is 2. The molecule has 1 aromatic heterocycles. The number of aromatic nitrogens is 1. The summed E-state index contributed by atoms with van der Waals surface area (Å²) >= 11 is 1.34. The topological polar surface area (TPSA) is 72.0 Å². The van der Waals surface area contributed by atoms with Crippen molar-refractivity contribution in [3.8, 4) is 0 Å². The third kappa shape index (κ3) is 6.75. The van der Waals surface area contributed by atoms with Crippen molar-refractivity contribution in [2.75, 3.05) is 64.2 Å². The number of aryl methyl sites for hydroxylation is 1. The van der Waals surface area contributed by atoms with Gasteiger partial charge in [0.2, 0.25) is 5.91 Å². The largest absolute Gasteiger partial charge is 0.339 e. The summed E-state index contributed by atoms with van der Waals surface area (Å²) in [6.07, 6.45) is 0. The van der Waals surface area contributed by atoms with E-state index >= 15 is 0 Å². The van der Waals surface area contributed by atoms with Gasteiger partial charge in [-0.3, -0.25) is 19.4 Å². The molecule has 0 aliphatic carbocycles.